The Hall–Kier alpha value is -1.88. The lowest BCUT2D eigenvalue weighted by Gasteiger charge is -2.37. The standard InChI is InChI=1S/C24H32FN3O/c1-16-6-9-22(25)21-11-13-28(23(16)21)19-5-3-4-18(14-19)27-12-10-20(15-27)26(2)24(29)17-7-8-17/h6,9,11,13,17-20H,3-5,7-8,10,12,14-15H2,1-2H3/t18-,19+,20?/m0/s1. The lowest BCUT2D eigenvalue weighted by molar-refractivity contribution is -0.133. The summed E-state index contributed by atoms with van der Waals surface area (Å²) in [5.74, 6) is 0.538. The second-order valence-electron chi connectivity index (χ2n) is 9.48. The first-order valence-corrected chi connectivity index (χ1v) is 11.3. The van der Waals surface area contributed by atoms with Crippen molar-refractivity contribution in [2.45, 2.75) is 70.0 Å². The lowest BCUT2D eigenvalue weighted by atomic mass is 9.89. The molecule has 1 aromatic heterocycles. The number of rotatable bonds is 4. The van der Waals surface area contributed by atoms with E-state index in [0.29, 0.717) is 30.0 Å². The molecule has 2 saturated carbocycles. The number of hydrogen-bond acceptors (Lipinski definition) is 2. The zero-order valence-corrected chi connectivity index (χ0v) is 17.6. The van der Waals surface area contributed by atoms with E-state index in [2.05, 4.69) is 22.6 Å². The molecule has 0 radical (unpaired) electrons. The third-order valence-electron chi connectivity index (χ3n) is 7.57. The van der Waals surface area contributed by atoms with Gasteiger partial charge in [-0.1, -0.05) is 6.07 Å². The van der Waals surface area contributed by atoms with E-state index in [0.717, 1.165) is 61.7 Å². The van der Waals surface area contributed by atoms with Crippen LogP contribution >= 0.6 is 0 Å². The van der Waals surface area contributed by atoms with Gasteiger partial charge in [0.05, 0.1) is 5.52 Å². The number of likely N-dealkylation sites (tertiary alicyclic amines) is 1. The Morgan fingerprint density at radius 3 is 2.69 bits per heavy atom. The number of hydrogen-bond donors (Lipinski definition) is 0. The van der Waals surface area contributed by atoms with Crippen LogP contribution in [-0.4, -0.2) is 52.5 Å². The molecule has 2 heterocycles. The van der Waals surface area contributed by atoms with E-state index in [9.17, 15) is 9.18 Å². The van der Waals surface area contributed by atoms with Crippen LogP contribution < -0.4 is 0 Å². The second-order valence-corrected chi connectivity index (χ2v) is 9.48. The number of halogens is 1. The predicted octanol–water partition coefficient (Wildman–Crippen LogP) is 4.52. The molecule has 1 unspecified atom stereocenters. The zero-order chi connectivity index (χ0) is 20.1. The maximum absolute atomic E-state index is 14.3. The molecule has 4 nitrogen and oxygen atoms in total. The molecule has 2 aliphatic carbocycles. The summed E-state index contributed by atoms with van der Waals surface area (Å²) >= 11 is 0. The fraction of sp³-hybridized carbons (Fsp3) is 0.625. The summed E-state index contributed by atoms with van der Waals surface area (Å²) < 4.78 is 16.6. The third-order valence-corrected chi connectivity index (χ3v) is 7.57. The summed E-state index contributed by atoms with van der Waals surface area (Å²) in [5, 5.41) is 0.744. The Morgan fingerprint density at radius 1 is 1.10 bits per heavy atom. The average molecular weight is 398 g/mol. The highest BCUT2D eigenvalue weighted by Gasteiger charge is 2.39. The molecular formula is C24H32FN3O. The molecule has 1 saturated heterocycles. The van der Waals surface area contributed by atoms with Crippen molar-refractivity contribution in [3.8, 4) is 0 Å². The minimum Gasteiger partial charge on any atom is -0.344 e. The number of aromatic nitrogens is 1. The number of aryl methyl sites for hydroxylation is 1. The topological polar surface area (TPSA) is 28.5 Å². The monoisotopic (exact) mass is 397 g/mol. The van der Waals surface area contributed by atoms with Crippen molar-refractivity contribution in [1.82, 2.24) is 14.4 Å². The number of benzene rings is 1. The van der Waals surface area contributed by atoms with Gasteiger partial charge in [-0.05, 0) is 69.6 Å². The van der Waals surface area contributed by atoms with Gasteiger partial charge in [0.15, 0.2) is 0 Å². The first-order chi connectivity index (χ1) is 14.0. The van der Waals surface area contributed by atoms with Crippen LogP contribution in [0.2, 0.25) is 0 Å². The maximum atomic E-state index is 14.3. The van der Waals surface area contributed by atoms with Crippen molar-refractivity contribution in [2.24, 2.45) is 5.92 Å². The van der Waals surface area contributed by atoms with E-state index in [1.165, 1.54) is 12.8 Å². The zero-order valence-electron chi connectivity index (χ0n) is 17.6. The Labute approximate surface area is 172 Å². The van der Waals surface area contributed by atoms with Crippen LogP contribution in [0.25, 0.3) is 10.9 Å². The van der Waals surface area contributed by atoms with Crippen LogP contribution in [0.1, 0.15) is 56.6 Å². The Balaban J connectivity index is 1.29. The van der Waals surface area contributed by atoms with Gasteiger partial charge < -0.3 is 9.47 Å². The molecule has 3 fully saturated rings. The number of nitrogens with zero attached hydrogens (tertiary/aromatic N) is 3. The number of fused-ring (bicyclic) bond motifs is 1. The van der Waals surface area contributed by atoms with Gasteiger partial charge >= 0.3 is 0 Å². The van der Waals surface area contributed by atoms with E-state index in [1.54, 1.807) is 6.07 Å². The largest absolute Gasteiger partial charge is 0.344 e. The van der Waals surface area contributed by atoms with Gasteiger partial charge in [-0.25, -0.2) is 4.39 Å². The van der Waals surface area contributed by atoms with Gasteiger partial charge in [-0.3, -0.25) is 9.69 Å². The SMILES string of the molecule is Cc1ccc(F)c2ccn([C@@H]3CCC[C@H](N4CCC(N(C)C(=O)C5CC5)C4)C3)c12. The molecule has 0 spiro atoms. The van der Waals surface area contributed by atoms with Crippen molar-refractivity contribution in [1.29, 1.82) is 0 Å². The summed E-state index contributed by atoms with van der Waals surface area (Å²) in [6.45, 7) is 4.17. The summed E-state index contributed by atoms with van der Waals surface area (Å²) in [5.41, 5.74) is 2.21. The first kappa shape index (κ1) is 19.1. The molecule has 1 aromatic carbocycles. The molecule has 1 aliphatic heterocycles. The molecule has 0 N–H and O–H groups in total. The molecule has 0 bridgehead atoms. The molecule has 5 rings (SSSR count). The number of amides is 1. The van der Waals surface area contributed by atoms with Crippen LogP contribution in [-0.2, 0) is 4.79 Å². The second kappa shape index (κ2) is 7.42. The molecule has 156 valence electrons. The minimum atomic E-state index is -0.123. The molecule has 1 amide bonds. The minimum absolute atomic E-state index is 0.123. The summed E-state index contributed by atoms with van der Waals surface area (Å²) in [6.07, 6.45) is 10.1. The average Bonchev–Trinajstić information content (AvgIpc) is 3.28. The Morgan fingerprint density at radius 2 is 1.90 bits per heavy atom. The van der Waals surface area contributed by atoms with Crippen LogP contribution in [0.5, 0.6) is 0 Å². The number of carbonyl (C=O) groups excluding carboxylic acids is 1. The van der Waals surface area contributed by atoms with E-state index in [4.69, 9.17) is 0 Å². The Bertz CT molecular complexity index is 918. The van der Waals surface area contributed by atoms with Gasteiger partial charge in [0.2, 0.25) is 5.91 Å². The van der Waals surface area contributed by atoms with E-state index >= 15 is 0 Å². The van der Waals surface area contributed by atoms with Crippen LogP contribution in [0.4, 0.5) is 4.39 Å². The van der Waals surface area contributed by atoms with E-state index in [1.807, 2.05) is 24.1 Å². The fourth-order valence-corrected chi connectivity index (χ4v) is 5.66. The van der Waals surface area contributed by atoms with Crippen molar-refractivity contribution in [3.05, 3.63) is 35.8 Å². The summed E-state index contributed by atoms with van der Waals surface area (Å²) in [6, 6.07) is 6.77. The van der Waals surface area contributed by atoms with Crippen LogP contribution in [0, 0.1) is 18.7 Å². The van der Waals surface area contributed by atoms with Gasteiger partial charge in [0.1, 0.15) is 5.82 Å². The molecule has 29 heavy (non-hydrogen) atoms. The van der Waals surface area contributed by atoms with Gasteiger partial charge in [-0.2, -0.15) is 0 Å². The van der Waals surface area contributed by atoms with Gasteiger partial charge in [-0.15, -0.1) is 0 Å². The lowest BCUT2D eigenvalue weighted by Crippen LogP contribution is -2.43. The highest BCUT2D eigenvalue weighted by atomic mass is 19.1. The first-order valence-electron chi connectivity index (χ1n) is 11.3. The quantitative estimate of drug-likeness (QED) is 0.759. The predicted molar refractivity (Wildman–Crippen MR) is 113 cm³/mol. The number of carbonyl (C=O) groups is 1. The van der Waals surface area contributed by atoms with Crippen LogP contribution in [0.15, 0.2) is 24.4 Å². The van der Waals surface area contributed by atoms with Gasteiger partial charge in [0.25, 0.3) is 0 Å². The van der Waals surface area contributed by atoms with Crippen molar-refractivity contribution in [3.63, 3.8) is 0 Å². The molecule has 3 atom stereocenters. The fourth-order valence-electron chi connectivity index (χ4n) is 5.66. The van der Waals surface area contributed by atoms with Crippen molar-refractivity contribution in [2.75, 3.05) is 20.1 Å². The van der Waals surface area contributed by atoms with E-state index < -0.39 is 0 Å². The summed E-state index contributed by atoms with van der Waals surface area (Å²) in [7, 11) is 2.00. The molecule has 5 heteroatoms. The van der Waals surface area contributed by atoms with E-state index in [-0.39, 0.29) is 5.82 Å². The van der Waals surface area contributed by atoms with Crippen molar-refractivity contribution >= 4 is 16.8 Å². The Kier molecular flexibility index (Phi) is 4.89. The van der Waals surface area contributed by atoms with Gasteiger partial charge in [0, 0.05) is 55.8 Å². The highest BCUT2D eigenvalue weighted by molar-refractivity contribution is 5.84. The maximum Gasteiger partial charge on any atom is 0.225 e. The van der Waals surface area contributed by atoms with Crippen molar-refractivity contribution < 1.29 is 9.18 Å². The smallest absolute Gasteiger partial charge is 0.225 e. The summed E-state index contributed by atoms with van der Waals surface area (Å²) in [4.78, 5) is 17.1. The number of likely N-dealkylation sites (N-methyl/N-ethyl adjacent to an activating group) is 1. The molecular weight excluding hydrogens is 365 g/mol. The molecule has 2 aromatic rings. The highest BCUT2D eigenvalue weighted by Crippen LogP contribution is 2.37. The third kappa shape index (κ3) is 3.48. The molecule has 3 aliphatic rings. The normalized spacial score (nSPS) is 28.2. The van der Waals surface area contributed by atoms with Crippen LogP contribution in [0.3, 0.4) is 0 Å².